The summed E-state index contributed by atoms with van der Waals surface area (Å²) in [5.41, 5.74) is 2.53. The molecule has 0 aliphatic heterocycles. The van der Waals surface area contributed by atoms with Crippen LogP contribution in [0.4, 0.5) is 0 Å². The van der Waals surface area contributed by atoms with E-state index in [1.165, 1.54) is 5.48 Å². The number of rotatable bonds is 7. The standard InChI is InChI=1S/C13H18N2O4/c16-9-11(13(18)15-19)14-12(17)8-4-7-10-5-2-1-3-6-10/h1-3,5-6,11,16,19H,4,7-9H2,(H,14,17)(H,15,18). The van der Waals surface area contributed by atoms with Gasteiger partial charge in [0.15, 0.2) is 0 Å². The summed E-state index contributed by atoms with van der Waals surface area (Å²) in [5.74, 6) is -1.17. The second kappa shape index (κ2) is 8.23. The number of hydroxylamine groups is 1. The highest BCUT2D eigenvalue weighted by atomic mass is 16.5. The smallest absolute Gasteiger partial charge is 0.268 e. The Hall–Kier alpha value is -1.92. The molecule has 0 fully saturated rings. The third-order valence-corrected chi connectivity index (χ3v) is 2.66. The van der Waals surface area contributed by atoms with Crippen LogP contribution in [0.5, 0.6) is 0 Å². The monoisotopic (exact) mass is 266 g/mol. The van der Waals surface area contributed by atoms with Crippen molar-refractivity contribution in [2.45, 2.75) is 25.3 Å². The molecule has 0 saturated heterocycles. The SMILES string of the molecule is O=C(CCCc1ccccc1)NC(CO)C(=O)NO. The summed E-state index contributed by atoms with van der Waals surface area (Å²) >= 11 is 0. The number of hydrogen-bond donors (Lipinski definition) is 4. The Morgan fingerprint density at radius 1 is 1.21 bits per heavy atom. The molecular weight excluding hydrogens is 248 g/mol. The molecule has 4 N–H and O–H groups in total. The average molecular weight is 266 g/mol. The third-order valence-electron chi connectivity index (χ3n) is 2.66. The van der Waals surface area contributed by atoms with E-state index >= 15 is 0 Å². The number of nitrogens with one attached hydrogen (secondary N) is 2. The zero-order chi connectivity index (χ0) is 14.1. The van der Waals surface area contributed by atoms with Gasteiger partial charge in [-0.2, -0.15) is 0 Å². The fourth-order valence-electron chi connectivity index (χ4n) is 1.64. The summed E-state index contributed by atoms with van der Waals surface area (Å²) in [4.78, 5) is 22.6. The van der Waals surface area contributed by atoms with Crippen LogP contribution in [0.3, 0.4) is 0 Å². The first-order valence-electron chi connectivity index (χ1n) is 6.05. The third kappa shape index (κ3) is 5.50. The fraction of sp³-hybridized carbons (Fsp3) is 0.385. The van der Waals surface area contributed by atoms with Gasteiger partial charge in [0.25, 0.3) is 5.91 Å². The van der Waals surface area contributed by atoms with Crippen LogP contribution < -0.4 is 10.8 Å². The minimum Gasteiger partial charge on any atom is -0.394 e. The maximum absolute atomic E-state index is 11.5. The van der Waals surface area contributed by atoms with Crippen molar-refractivity contribution >= 4 is 11.8 Å². The Morgan fingerprint density at radius 2 is 1.89 bits per heavy atom. The lowest BCUT2D eigenvalue weighted by molar-refractivity contribution is -0.135. The maximum Gasteiger partial charge on any atom is 0.268 e. The Bertz CT molecular complexity index is 408. The maximum atomic E-state index is 11.5. The van der Waals surface area contributed by atoms with Gasteiger partial charge in [0, 0.05) is 6.42 Å². The van der Waals surface area contributed by atoms with Crippen molar-refractivity contribution in [3.05, 3.63) is 35.9 Å². The van der Waals surface area contributed by atoms with Crippen LogP contribution in [-0.2, 0) is 16.0 Å². The Balaban J connectivity index is 2.29. The second-order valence-corrected chi connectivity index (χ2v) is 4.12. The van der Waals surface area contributed by atoms with E-state index in [4.69, 9.17) is 10.3 Å². The predicted molar refractivity (Wildman–Crippen MR) is 68.3 cm³/mol. The zero-order valence-electron chi connectivity index (χ0n) is 10.5. The van der Waals surface area contributed by atoms with Crippen molar-refractivity contribution in [2.24, 2.45) is 0 Å². The molecule has 19 heavy (non-hydrogen) atoms. The highest BCUT2D eigenvalue weighted by molar-refractivity contribution is 5.86. The first-order valence-corrected chi connectivity index (χ1v) is 6.05. The van der Waals surface area contributed by atoms with Gasteiger partial charge in [-0.1, -0.05) is 30.3 Å². The Labute approximate surface area is 111 Å². The minimum atomic E-state index is -1.12. The van der Waals surface area contributed by atoms with Crippen LogP contribution in [0.2, 0.25) is 0 Å². The molecule has 1 unspecified atom stereocenters. The quantitative estimate of drug-likeness (QED) is 0.412. The summed E-state index contributed by atoms with van der Waals surface area (Å²) in [6.07, 6.45) is 1.67. The number of carbonyl (C=O) groups is 2. The van der Waals surface area contributed by atoms with E-state index in [0.29, 0.717) is 6.42 Å². The lowest BCUT2D eigenvalue weighted by Crippen LogP contribution is -2.48. The van der Waals surface area contributed by atoms with Gasteiger partial charge in [-0.15, -0.1) is 0 Å². The van der Waals surface area contributed by atoms with Crippen LogP contribution in [-0.4, -0.2) is 34.8 Å². The van der Waals surface area contributed by atoms with Crippen molar-refractivity contribution in [1.29, 1.82) is 0 Å². The normalized spacial score (nSPS) is 11.7. The molecule has 6 nitrogen and oxygen atoms in total. The van der Waals surface area contributed by atoms with E-state index in [1.807, 2.05) is 30.3 Å². The van der Waals surface area contributed by atoms with Gasteiger partial charge >= 0.3 is 0 Å². The largest absolute Gasteiger partial charge is 0.394 e. The number of amides is 2. The van der Waals surface area contributed by atoms with Gasteiger partial charge in [-0.05, 0) is 18.4 Å². The lowest BCUT2D eigenvalue weighted by Gasteiger charge is -2.13. The van der Waals surface area contributed by atoms with Crippen LogP contribution in [0.25, 0.3) is 0 Å². The summed E-state index contributed by atoms with van der Waals surface area (Å²) in [7, 11) is 0. The molecule has 0 radical (unpaired) electrons. The summed E-state index contributed by atoms with van der Waals surface area (Å²) in [6.45, 7) is -0.559. The van der Waals surface area contributed by atoms with Crippen LogP contribution in [0, 0.1) is 0 Å². The molecule has 0 bridgehead atoms. The summed E-state index contributed by atoms with van der Waals surface area (Å²) in [5, 5.41) is 19.6. The first kappa shape index (κ1) is 15.1. The molecule has 0 heterocycles. The number of carbonyl (C=O) groups excluding carboxylic acids is 2. The van der Waals surface area contributed by atoms with Gasteiger partial charge < -0.3 is 10.4 Å². The number of aryl methyl sites for hydroxylation is 1. The number of aliphatic hydroxyl groups is 1. The van der Waals surface area contributed by atoms with E-state index in [1.54, 1.807) is 0 Å². The Kier molecular flexibility index (Phi) is 6.56. The highest BCUT2D eigenvalue weighted by Gasteiger charge is 2.18. The van der Waals surface area contributed by atoms with E-state index in [9.17, 15) is 9.59 Å². The van der Waals surface area contributed by atoms with Crippen molar-refractivity contribution in [3.8, 4) is 0 Å². The molecule has 6 heteroatoms. The van der Waals surface area contributed by atoms with Crippen molar-refractivity contribution < 1.29 is 19.9 Å². The average Bonchev–Trinajstić information content (AvgIpc) is 2.45. The van der Waals surface area contributed by atoms with E-state index in [-0.39, 0.29) is 12.3 Å². The Morgan fingerprint density at radius 3 is 2.47 bits per heavy atom. The van der Waals surface area contributed by atoms with Gasteiger partial charge in [0.1, 0.15) is 6.04 Å². The molecule has 0 aromatic heterocycles. The first-order chi connectivity index (χ1) is 9.17. The molecule has 0 aliphatic carbocycles. The summed E-state index contributed by atoms with van der Waals surface area (Å²) < 4.78 is 0. The molecule has 1 aromatic rings. The van der Waals surface area contributed by atoms with Crippen LogP contribution in [0.15, 0.2) is 30.3 Å². The lowest BCUT2D eigenvalue weighted by atomic mass is 10.1. The summed E-state index contributed by atoms with van der Waals surface area (Å²) in [6, 6.07) is 8.64. The molecule has 1 aromatic carbocycles. The van der Waals surface area contributed by atoms with E-state index < -0.39 is 18.6 Å². The van der Waals surface area contributed by atoms with E-state index in [2.05, 4.69) is 5.32 Å². The number of hydrogen-bond acceptors (Lipinski definition) is 4. The molecule has 1 rings (SSSR count). The van der Waals surface area contributed by atoms with Crippen molar-refractivity contribution in [2.75, 3.05) is 6.61 Å². The molecule has 0 aliphatic rings. The van der Waals surface area contributed by atoms with Gasteiger partial charge in [-0.3, -0.25) is 14.8 Å². The fourth-order valence-corrected chi connectivity index (χ4v) is 1.64. The van der Waals surface area contributed by atoms with Gasteiger partial charge in [0.2, 0.25) is 5.91 Å². The molecule has 1 atom stereocenters. The topological polar surface area (TPSA) is 98.7 Å². The van der Waals surface area contributed by atoms with Crippen molar-refractivity contribution in [3.63, 3.8) is 0 Å². The molecule has 104 valence electrons. The molecule has 0 saturated carbocycles. The highest BCUT2D eigenvalue weighted by Crippen LogP contribution is 2.04. The number of aliphatic hydroxyl groups excluding tert-OH is 1. The van der Waals surface area contributed by atoms with E-state index in [0.717, 1.165) is 12.0 Å². The molecular formula is C13H18N2O4. The minimum absolute atomic E-state index is 0.254. The second-order valence-electron chi connectivity index (χ2n) is 4.12. The number of benzene rings is 1. The molecule has 2 amide bonds. The predicted octanol–water partition coefficient (Wildman–Crippen LogP) is -0.00820. The van der Waals surface area contributed by atoms with Crippen LogP contribution >= 0.6 is 0 Å². The van der Waals surface area contributed by atoms with Crippen LogP contribution in [0.1, 0.15) is 18.4 Å². The molecule has 0 spiro atoms. The van der Waals surface area contributed by atoms with Gasteiger partial charge in [-0.25, -0.2) is 5.48 Å². The zero-order valence-corrected chi connectivity index (χ0v) is 10.5. The van der Waals surface area contributed by atoms with Crippen molar-refractivity contribution in [1.82, 2.24) is 10.8 Å². The van der Waals surface area contributed by atoms with Gasteiger partial charge in [0.05, 0.1) is 6.61 Å².